The molecule has 2 rings (SSSR count). The highest BCUT2D eigenvalue weighted by Crippen LogP contribution is 2.11. The Labute approximate surface area is 120 Å². The Balaban J connectivity index is 2.02. The number of halogens is 1. The summed E-state index contributed by atoms with van der Waals surface area (Å²) >= 11 is 0. The van der Waals surface area contributed by atoms with Gasteiger partial charge in [-0.2, -0.15) is 0 Å². The number of carbonyl (C=O) groups is 1. The van der Waals surface area contributed by atoms with Crippen molar-refractivity contribution in [3.63, 3.8) is 0 Å². The van der Waals surface area contributed by atoms with E-state index in [9.17, 15) is 13.4 Å². The standard InChI is InChI=1S/C16H15FO2S/c1-12-5-4-6-13(9-12)10-20(19)11-16(18)14-7-2-3-8-15(14)17/h2-9H,10-11H2,1H3. The van der Waals surface area contributed by atoms with Crippen LogP contribution >= 0.6 is 0 Å². The molecule has 0 aliphatic rings. The third-order valence-corrected chi connectivity index (χ3v) is 4.12. The van der Waals surface area contributed by atoms with Crippen LogP contribution in [0, 0.1) is 12.7 Å². The van der Waals surface area contributed by atoms with Crippen molar-refractivity contribution >= 4 is 16.6 Å². The topological polar surface area (TPSA) is 34.1 Å². The second-order valence-electron chi connectivity index (χ2n) is 4.62. The van der Waals surface area contributed by atoms with Crippen LogP contribution in [0.5, 0.6) is 0 Å². The lowest BCUT2D eigenvalue weighted by Crippen LogP contribution is -2.13. The van der Waals surface area contributed by atoms with Crippen molar-refractivity contribution in [3.05, 3.63) is 71.0 Å². The largest absolute Gasteiger partial charge is 0.293 e. The Morgan fingerprint density at radius 3 is 2.60 bits per heavy atom. The maximum atomic E-state index is 13.5. The molecule has 0 fully saturated rings. The average molecular weight is 290 g/mol. The summed E-state index contributed by atoms with van der Waals surface area (Å²) in [5.74, 6) is -0.837. The summed E-state index contributed by atoms with van der Waals surface area (Å²) in [6.07, 6.45) is 0. The molecule has 2 aromatic carbocycles. The van der Waals surface area contributed by atoms with Crippen LogP contribution in [0.3, 0.4) is 0 Å². The summed E-state index contributed by atoms with van der Waals surface area (Å²) in [7, 11) is -1.33. The number of benzene rings is 2. The number of Topliss-reactive ketones (excluding diaryl/α,β-unsaturated/α-hetero) is 1. The molecule has 104 valence electrons. The predicted octanol–water partition coefficient (Wildman–Crippen LogP) is 3.27. The van der Waals surface area contributed by atoms with Gasteiger partial charge in [0.05, 0.1) is 11.3 Å². The summed E-state index contributed by atoms with van der Waals surface area (Å²) < 4.78 is 25.4. The molecule has 0 radical (unpaired) electrons. The van der Waals surface area contributed by atoms with Crippen LogP contribution in [0.1, 0.15) is 21.5 Å². The van der Waals surface area contributed by atoms with Gasteiger partial charge in [0.1, 0.15) is 5.82 Å². The number of hydrogen-bond donors (Lipinski definition) is 0. The molecule has 0 aromatic heterocycles. The first kappa shape index (κ1) is 14.6. The maximum Gasteiger partial charge on any atom is 0.178 e. The molecule has 2 aromatic rings. The maximum absolute atomic E-state index is 13.5. The lowest BCUT2D eigenvalue weighted by molar-refractivity contribution is 0.101. The highest BCUT2D eigenvalue weighted by Gasteiger charge is 2.14. The van der Waals surface area contributed by atoms with Crippen LogP contribution in [0.4, 0.5) is 4.39 Å². The van der Waals surface area contributed by atoms with Crippen molar-refractivity contribution in [2.75, 3.05) is 5.75 Å². The van der Waals surface area contributed by atoms with Crippen LogP contribution in [-0.2, 0) is 16.6 Å². The van der Waals surface area contributed by atoms with Crippen molar-refractivity contribution in [2.24, 2.45) is 0 Å². The van der Waals surface area contributed by atoms with Gasteiger partial charge >= 0.3 is 0 Å². The van der Waals surface area contributed by atoms with Crippen LogP contribution < -0.4 is 0 Å². The molecule has 1 atom stereocenters. The molecule has 0 aliphatic heterocycles. The highest BCUT2D eigenvalue weighted by atomic mass is 32.2. The van der Waals surface area contributed by atoms with E-state index in [2.05, 4.69) is 0 Å². The monoisotopic (exact) mass is 290 g/mol. The molecule has 0 saturated carbocycles. The molecular weight excluding hydrogens is 275 g/mol. The normalized spacial score (nSPS) is 12.1. The number of carbonyl (C=O) groups excluding carboxylic acids is 1. The first-order valence-corrected chi connectivity index (χ1v) is 7.73. The van der Waals surface area contributed by atoms with Crippen LogP contribution in [-0.4, -0.2) is 15.7 Å². The molecule has 0 bridgehead atoms. The fraction of sp³-hybridized carbons (Fsp3) is 0.188. The summed E-state index contributed by atoms with van der Waals surface area (Å²) in [5.41, 5.74) is 2.01. The molecular formula is C16H15FO2S. The SMILES string of the molecule is Cc1cccc(CS(=O)CC(=O)c2ccccc2F)c1. The Hall–Kier alpha value is -1.81. The first-order valence-electron chi connectivity index (χ1n) is 6.24. The second-order valence-corrected chi connectivity index (χ2v) is 6.08. The minimum absolute atomic E-state index is 0.00472. The van der Waals surface area contributed by atoms with E-state index >= 15 is 0 Å². The lowest BCUT2D eigenvalue weighted by Gasteiger charge is -2.04. The molecule has 0 saturated heterocycles. The number of rotatable bonds is 5. The Morgan fingerprint density at radius 2 is 1.90 bits per heavy atom. The molecule has 20 heavy (non-hydrogen) atoms. The van der Waals surface area contributed by atoms with E-state index in [1.165, 1.54) is 18.2 Å². The predicted molar refractivity (Wildman–Crippen MR) is 78.6 cm³/mol. The molecule has 0 heterocycles. The summed E-state index contributed by atoms with van der Waals surface area (Å²) in [5, 5.41) is 0. The van der Waals surface area contributed by atoms with Crippen LogP contribution in [0.2, 0.25) is 0 Å². The van der Waals surface area contributed by atoms with Gasteiger partial charge in [-0.25, -0.2) is 4.39 Å². The van der Waals surface area contributed by atoms with Crippen molar-refractivity contribution in [2.45, 2.75) is 12.7 Å². The average Bonchev–Trinajstić information content (AvgIpc) is 2.38. The highest BCUT2D eigenvalue weighted by molar-refractivity contribution is 7.85. The minimum atomic E-state index is -1.33. The van der Waals surface area contributed by atoms with Gasteiger partial charge in [-0.05, 0) is 24.6 Å². The smallest absolute Gasteiger partial charge is 0.178 e. The number of aryl methyl sites for hydroxylation is 1. The van der Waals surface area contributed by atoms with Crippen molar-refractivity contribution < 1.29 is 13.4 Å². The van der Waals surface area contributed by atoms with Crippen molar-refractivity contribution in [1.82, 2.24) is 0 Å². The van der Waals surface area contributed by atoms with Gasteiger partial charge in [0.2, 0.25) is 0 Å². The third kappa shape index (κ3) is 3.84. The van der Waals surface area contributed by atoms with E-state index in [4.69, 9.17) is 0 Å². The van der Waals surface area contributed by atoms with Gasteiger partial charge in [-0.3, -0.25) is 9.00 Å². The van der Waals surface area contributed by atoms with Gasteiger partial charge in [0, 0.05) is 16.6 Å². The van der Waals surface area contributed by atoms with E-state index in [0.29, 0.717) is 5.75 Å². The third-order valence-electron chi connectivity index (χ3n) is 2.88. The van der Waals surface area contributed by atoms with Gasteiger partial charge in [0.15, 0.2) is 5.78 Å². The van der Waals surface area contributed by atoms with Crippen molar-refractivity contribution in [3.8, 4) is 0 Å². The van der Waals surface area contributed by atoms with E-state index in [-0.39, 0.29) is 11.3 Å². The number of ketones is 1. The summed E-state index contributed by atoms with van der Waals surface area (Å²) in [4.78, 5) is 11.9. The fourth-order valence-electron chi connectivity index (χ4n) is 1.95. The zero-order valence-electron chi connectivity index (χ0n) is 11.1. The zero-order valence-corrected chi connectivity index (χ0v) is 12.0. The van der Waals surface area contributed by atoms with E-state index in [0.717, 1.165) is 11.1 Å². The van der Waals surface area contributed by atoms with Gasteiger partial charge in [-0.1, -0.05) is 42.0 Å². The van der Waals surface area contributed by atoms with E-state index in [1.807, 2.05) is 31.2 Å². The van der Waals surface area contributed by atoms with Crippen LogP contribution in [0.15, 0.2) is 48.5 Å². The van der Waals surface area contributed by atoms with Crippen LogP contribution in [0.25, 0.3) is 0 Å². The molecule has 0 spiro atoms. The minimum Gasteiger partial charge on any atom is -0.293 e. The molecule has 0 amide bonds. The van der Waals surface area contributed by atoms with Gasteiger partial charge < -0.3 is 0 Å². The van der Waals surface area contributed by atoms with Gasteiger partial charge in [0.25, 0.3) is 0 Å². The molecule has 4 heteroatoms. The second kappa shape index (κ2) is 6.57. The van der Waals surface area contributed by atoms with Crippen molar-refractivity contribution in [1.29, 1.82) is 0 Å². The Morgan fingerprint density at radius 1 is 1.15 bits per heavy atom. The summed E-state index contributed by atoms with van der Waals surface area (Å²) in [6.45, 7) is 1.96. The molecule has 2 nitrogen and oxygen atoms in total. The quantitative estimate of drug-likeness (QED) is 0.792. The first-order chi connectivity index (χ1) is 9.56. The van der Waals surface area contributed by atoms with Gasteiger partial charge in [-0.15, -0.1) is 0 Å². The zero-order chi connectivity index (χ0) is 14.5. The van der Waals surface area contributed by atoms with E-state index < -0.39 is 22.4 Å². The molecule has 0 aliphatic carbocycles. The summed E-state index contributed by atoms with van der Waals surface area (Å²) in [6, 6.07) is 13.4. The lowest BCUT2D eigenvalue weighted by atomic mass is 10.1. The number of hydrogen-bond acceptors (Lipinski definition) is 2. The Bertz CT molecular complexity index is 652. The van der Waals surface area contributed by atoms with E-state index in [1.54, 1.807) is 6.07 Å². The Kier molecular flexibility index (Phi) is 4.79. The fourth-order valence-corrected chi connectivity index (χ4v) is 3.05. The molecule has 1 unspecified atom stereocenters. The molecule has 0 N–H and O–H groups in total.